The molecule has 2 aromatic carbocycles. The van der Waals surface area contributed by atoms with E-state index in [1.807, 2.05) is 48.5 Å². The zero-order valence-corrected chi connectivity index (χ0v) is 23.7. The summed E-state index contributed by atoms with van der Waals surface area (Å²) in [6.07, 6.45) is 4.16. The molecule has 11 nitrogen and oxygen atoms in total. The van der Waals surface area contributed by atoms with Crippen LogP contribution in [0, 0.1) is 11.3 Å². The monoisotopic (exact) mass is 577 g/mol. The van der Waals surface area contributed by atoms with Gasteiger partial charge in [0.05, 0.1) is 11.3 Å². The number of anilines is 2. The van der Waals surface area contributed by atoms with E-state index in [4.69, 9.17) is 15.7 Å². The number of imidazole rings is 1. The van der Waals surface area contributed by atoms with Crippen LogP contribution in [-0.4, -0.2) is 64.5 Å². The van der Waals surface area contributed by atoms with E-state index in [-0.39, 0.29) is 5.82 Å². The molecule has 2 atom stereocenters. The Labute approximate surface area is 253 Å². The summed E-state index contributed by atoms with van der Waals surface area (Å²) in [6.45, 7) is 2.60. The largest absolute Gasteiger partial charge is 0.383 e. The van der Waals surface area contributed by atoms with Crippen molar-refractivity contribution < 1.29 is 0 Å². The van der Waals surface area contributed by atoms with Crippen molar-refractivity contribution in [3.63, 3.8) is 0 Å². The Balaban J connectivity index is 1.09. The summed E-state index contributed by atoms with van der Waals surface area (Å²) < 4.78 is 2.07. The summed E-state index contributed by atoms with van der Waals surface area (Å²) in [6, 6.07) is 29.3. The number of hydrogen-bond donors (Lipinski definition) is 1. The van der Waals surface area contributed by atoms with Gasteiger partial charge in [-0.25, -0.2) is 24.9 Å². The fourth-order valence-electron chi connectivity index (χ4n) is 6.41. The molecular weight excluding hydrogens is 550 g/mol. The second kappa shape index (κ2) is 10.5. The van der Waals surface area contributed by atoms with E-state index in [1.54, 1.807) is 6.20 Å². The molecule has 2 saturated heterocycles. The lowest BCUT2D eigenvalue weighted by Gasteiger charge is -2.34. The number of nitrogens with zero attached hydrogens (tertiary/aromatic N) is 10. The number of rotatable bonds is 6. The van der Waals surface area contributed by atoms with Crippen molar-refractivity contribution in [3.05, 3.63) is 103 Å². The number of nitrogen functional groups attached to an aromatic ring is 1. The first-order valence-electron chi connectivity index (χ1n) is 14.5. The normalized spacial score (nSPS) is 17.8. The van der Waals surface area contributed by atoms with Crippen LogP contribution in [0.1, 0.15) is 17.8 Å². The molecular formula is C33H27N11. The molecule has 4 aromatic heterocycles. The highest BCUT2D eigenvalue weighted by atomic mass is 15.4. The standard InChI is InChI=1S/C33H27N11/c34-16-29-37-20-38-33(41-29)43-19-24-15-25(43)18-42(24)17-21-8-10-23(11-9-21)44-31(26-7-4-14-36-30(26)35)40-28-13-12-27(39-32(28)44)22-5-2-1-3-6-22/h1-14,20,24-25H,15,17-19H2,(H2,35,36)/t24-,25-/m0/s1. The Hall–Kier alpha value is -5.73. The molecule has 214 valence electrons. The molecule has 2 aliphatic rings. The first kappa shape index (κ1) is 25.9. The van der Waals surface area contributed by atoms with Gasteiger partial charge < -0.3 is 10.6 Å². The molecule has 2 aliphatic heterocycles. The quantitative estimate of drug-likeness (QED) is 0.306. The Morgan fingerprint density at radius 2 is 1.70 bits per heavy atom. The van der Waals surface area contributed by atoms with Gasteiger partial charge >= 0.3 is 0 Å². The van der Waals surface area contributed by atoms with Gasteiger partial charge in [-0.1, -0.05) is 42.5 Å². The Morgan fingerprint density at radius 3 is 2.48 bits per heavy atom. The average Bonchev–Trinajstić information content (AvgIpc) is 3.78. The number of nitriles is 1. The van der Waals surface area contributed by atoms with Gasteiger partial charge in [-0.15, -0.1) is 0 Å². The molecule has 0 aliphatic carbocycles. The molecule has 6 aromatic rings. The molecule has 0 unspecified atom stereocenters. The molecule has 2 N–H and O–H groups in total. The van der Waals surface area contributed by atoms with Crippen LogP contribution in [0.3, 0.4) is 0 Å². The minimum atomic E-state index is 0.154. The summed E-state index contributed by atoms with van der Waals surface area (Å²) in [4.78, 5) is 31.6. The van der Waals surface area contributed by atoms with Crippen molar-refractivity contribution >= 4 is 22.9 Å². The number of fused-ring (bicyclic) bond motifs is 3. The summed E-state index contributed by atoms with van der Waals surface area (Å²) >= 11 is 0. The minimum Gasteiger partial charge on any atom is -0.383 e. The number of pyridine rings is 2. The van der Waals surface area contributed by atoms with Crippen molar-refractivity contribution in [1.29, 1.82) is 5.26 Å². The highest BCUT2D eigenvalue weighted by molar-refractivity contribution is 5.84. The first-order valence-corrected chi connectivity index (χ1v) is 14.5. The van der Waals surface area contributed by atoms with Crippen LogP contribution < -0.4 is 10.6 Å². The SMILES string of the molecule is N#Cc1ncnc(N2C[C@@H]3C[C@H]2CN3Cc2ccc(-n3c(-c4cccnc4N)nc4ccc(-c5ccccc5)nc43)cc2)n1. The van der Waals surface area contributed by atoms with E-state index in [0.29, 0.717) is 29.7 Å². The van der Waals surface area contributed by atoms with Gasteiger partial charge in [0.25, 0.3) is 0 Å². The van der Waals surface area contributed by atoms with Crippen LogP contribution in [0.2, 0.25) is 0 Å². The average molecular weight is 578 g/mol. The lowest BCUT2D eigenvalue weighted by atomic mass is 10.1. The topological polar surface area (TPSA) is 139 Å². The smallest absolute Gasteiger partial charge is 0.236 e. The van der Waals surface area contributed by atoms with E-state index in [2.05, 4.69) is 70.7 Å². The number of nitrogens with two attached hydrogens (primary N) is 1. The first-order chi connectivity index (χ1) is 21.6. The predicted molar refractivity (Wildman–Crippen MR) is 166 cm³/mol. The van der Waals surface area contributed by atoms with Crippen molar-refractivity contribution in [3.8, 4) is 34.4 Å². The van der Waals surface area contributed by atoms with Crippen LogP contribution in [0.5, 0.6) is 0 Å². The van der Waals surface area contributed by atoms with E-state index >= 15 is 0 Å². The van der Waals surface area contributed by atoms with Crippen LogP contribution in [0.4, 0.5) is 11.8 Å². The van der Waals surface area contributed by atoms with Gasteiger partial charge in [0, 0.05) is 49.2 Å². The zero-order valence-electron chi connectivity index (χ0n) is 23.7. The fraction of sp³-hybridized carbons (Fsp3) is 0.182. The van der Waals surface area contributed by atoms with Crippen molar-refractivity contribution in [2.45, 2.75) is 25.0 Å². The molecule has 11 heteroatoms. The highest BCUT2D eigenvalue weighted by Gasteiger charge is 2.44. The molecule has 0 amide bonds. The summed E-state index contributed by atoms with van der Waals surface area (Å²) in [5.41, 5.74) is 12.7. The Kier molecular flexibility index (Phi) is 6.20. The third kappa shape index (κ3) is 4.49. The van der Waals surface area contributed by atoms with E-state index in [0.717, 1.165) is 59.7 Å². The molecule has 44 heavy (non-hydrogen) atoms. The second-order valence-electron chi connectivity index (χ2n) is 11.1. The number of likely N-dealkylation sites (tertiary alicyclic amines) is 1. The van der Waals surface area contributed by atoms with Crippen LogP contribution in [-0.2, 0) is 6.54 Å². The molecule has 2 fully saturated rings. The Bertz CT molecular complexity index is 2030. The van der Waals surface area contributed by atoms with E-state index in [9.17, 15) is 5.26 Å². The van der Waals surface area contributed by atoms with E-state index < -0.39 is 0 Å². The molecule has 2 bridgehead atoms. The maximum atomic E-state index is 9.17. The van der Waals surface area contributed by atoms with Crippen LogP contribution in [0.15, 0.2) is 91.4 Å². The van der Waals surface area contributed by atoms with Gasteiger partial charge in [-0.2, -0.15) is 10.2 Å². The number of aromatic nitrogens is 7. The number of hydrogen-bond acceptors (Lipinski definition) is 10. The number of benzene rings is 2. The van der Waals surface area contributed by atoms with E-state index in [1.165, 1.54) is 11.9 Å². The highest BCUT2D eigenvalue weighted by Crippen LogP contribution is 2.35. The van der Waals surface area contributed by atoms with Gasteiger partial charge in [-0.3, -0.25) is 9.47 Å². The van der Waals surface area contributed by atoms with Crippen LogP contribution >= 0.6 is 0 Å². The Morgan fingerprint density at radius 1 is 0.841 bits per heavy atom. The van der Waals surface area contributed by atoms with Crippen molar-refractivity contribution in [1.82, 2.24) is 39.4 Å². The van der Waals surface area contributed by atoms with Gasteiger partial charge in [0.2, 0.25) is 11.8 Å². The fourth-order valence-corrected chi connectivity index (χ4v) is 6.41. The van der Waals surface area contributed by atoms with Gasteiger partial charge in [0.15, 0.2) is 11.5 Å². The van der Waals surface area contributed by atoms with Gasteiger partial charge in [-0.05, 0) is 48.4 Å². The molecule has 0 radical (unpaired) electrons. The second-order valence-corrected chi connectivity index (χ2v) is 11.1. The summed E-state index contributed by atoms with van der Waals surface area (Å²) in [7, 11) is 0. The zero-order chi connectivity index (χ0) is 29.6. The third-order valence-electron chi connectivity index (χ3n) is 8.50. The molecule has 0 spiro atoms. The molecule has 8 rings (SSSR count). The minimum absolute atomic E-state index is 0.154. The number of piperazine rings is 1. The van der Waals surface area contributed by atoms with Crippen LogP contribution in [0.25, 0.3) is 39.5 Å². The van der Waals surface area contributed by atoms with Crippen molar-refractivity contribution in [2.24, 2.45) is 0 Å². The molecule has 0 saturated carbocycles. The maximum Gasteiger partial charge on any atom is 0.236 e. The lowest BCUT2D eigenvalue weighted by molar-refractivity contribution is 0.229. The van der Waals surface area contributed by atoms with Crippen molar-refractivity contribution in [2.75, 3.05) is 23.7 Å². The lowest BCUT2D eigenvalue weighted by Crippen LogP contribution is -2.46. The molecule has 6 heterocycles. The maximum absolute atomic E-state index is 9.17. The third-order valence-corrected chi connectivity index (χ3v) is 8.50. The summed E-state index contributed by atoms with van der Waals surface area (Å²) in [5.74, 6) is 1.87. The summed E-state index contributed by atoms with van der Waals surface area (Å²) in [5, 5.41) is 9.17. The predicted octanol–water partition coefficient (Wildman–Crippen LogP) is 4.25. The van der Waals surface area contributed by atoms with Gasteiger partial charge in [0.1, 0.15) is 23.7 Å².